The van der Waals surface area contributed by atoms with E-state index in [0.29, 0.717) is 19.3 Å². The van der Waals surface area contributed by atoms with Crippen molar-refractivity contribution < 1.29 is 15.0 Å². The highest BCUT2D eigenvalue weighted by molar-refractivity contribution is 5.80. The Hall–Kier alpha value is -3.25. The third-order valence-electron chi connectivity index (χ3n) is 6.74. The largest absolute Gasteiger partial charge is 0.391 e. The van der Waals surface area contributed by atoms with Crippen LogP contribution in [0, 0.1) is 5.92 Å². The van der Waals surface area contributed by atoms with Crippen molar-refractivity contribution in [2.75, 3.05) is 0 Å². The summed E-state index contributed by atoms with van der Waals surface area (Å²) >= 11 is 0. The Bertz CT molecular complexity index is 1120. The van der Waals surface area contributed by atoms with Crippen molar-refractivity contribution in [3.05, 3.63) is 113 Å². The van der Waals surface area contributed by atoms with Crippen molar-refractivity contribution in [2.45, 2.75) is 50.0 Å². The summed E-state index contributed by atoms with van der Waals surface area (Å²) in [4.78, 5) is 13.4. The molecule has 3 aromatic carbocycles. The number of aliphatic hydroxyl groups excluding tert-OH is 2. The Labute approximate surface area is 207 Å². The molecule has 5 heteroatoms. The number of hydrogen-bond donors (Lipinski definition) is 4. The highest BCUT2D eigenvalue weighted by atomic mass is 16.3. The average molecular weight is 471 g/mol. The molecule has 5 N–H and O–H groups in total. The average Bonchev–Trinajstić information content (AvgIpc) is 3.19. The maximum absolute atomic E-state index is 13.4. The van der Waals surface area contributed by atoms with Crippen LogP contribution in [0.5, 0.6) is 0 Å². The monoisotopic (exact) mass is 470 g/mol. The van der Waals surface area contributed by atoms with E-state index in [1.807, 2.05) is 97.1 Å². The Balaban J connectivity index is 1.46. The summed E-state index contributed by atoms with van der Waals surface area (Å²) in [6.07, 6.45) is 4.20. The third-order valence-corrected chi connectivity index (χ3v) is 6.74. The van der Waals surface area contributed by atoms with E-state index in [0.717, 1.165) is 22.3 Å². The number of carbonyl (C=O) groups is 1. The number of aliphatic hydroxyl groups is 2. The van der Waals surface area contributed by atoms with Crippen molar-refractivity contribution in [1.82, 2.24) is 5.32 Å². The molecule has 0 saturated carbocycles. The number of carbonyl (C=O) groups excluding carboxylic acids is 1. The molecule has 4 rings (SSSR count). The second kappa shape index (κ2) is 11.9. The maximum Gasteiger partial charge on any atom is 0.224 e. The predicted octanol–water partition coefficient (Wildman–Crippen LogP) is 3.80. The molecule has 5 nitrogen and oxygen atoms in total. The highest BCUT2D eigenvalue weighted by Gasteiger charge is 2.34. The van der Waals surface area contributed by atoms with Crippen LogP contribution in [-0.2, 0) is 17.6 Å². The van der Waals surface area contributed by atoms with Crippen LogP contribution < -0.4 is 11.1 Å². The van der Waals surface area contributed by atoms with Gasteiger partial charge in [0.25, 0.3) is 0 Å². The number of hydrogen-bond acceptors (Lipinski definition) is 4. The molecule has 35 heavy (non-hydrogen) atoms. The van der Waals surface area contributed by atoms with Gasteiger partial charge in [-0.05, 0) is 41.5 Å². The first-order chi connectivity index (χ1) is 17.0. The molecule has 0 saturated heterocycles. The second-order valence-corrected chi connectivity index (χ2v) is 9.36. The Kier molecular flexibility index (Phi) is 8.48. The summed E-state index contributed by atoms with van der Waals surface area (Å²) in [7, 11) is 0. The van der Waals surface area contributed by atoms with E-state index in [-0.39, 0.29) is 12.3 Å². The molecule has 0 radical (unpaired) electrons. The summed E-state index contributed by atoms with van der Waals surface area (Å²) in [5.74, 6) is -0.666. The fraction of sp³-hybridized carbons (Fsp3) is 0.300. The molecular weight excluding hydrogens is 436 g/mol. The summed E-state index contributed by atoms with van der Waals surface area (Å²) in [5.41, 5.74) is 10.4. The van der Waals surface area contributed by atoms with Gasteiger partial charge in [-0.2, -0.15) is 0 Å². The minimum atomic E-state index is -0.836. The molecule has 0 fully saturated rings. The lowest BCUT2D eigenvalue weighted by Gasteiger charge is -2.26. The number of nitrogens with one attached hydrogen (secondary N) is 1. The van der Waals surface area contributed by atoms with Crippen LogP contribution in [0.4, 0.5) is 0 Å². The molecule has 0 aromatic heterocycles. The van der Waals surface area contributed by atoms with Crippen molar-refractivity contribution in [2.24, 2.45) is 11.7 Å². The first-order valence-corrected chi connectivity index (χ1v) is 12.3. The zero-order valence-corrected chi connectivity index (χ0v) is 19.8. The predicted molar refractivity (Wildman–Crippen MR) is 139 cm³/mol. The molecule has 0 bridgehead atoms. The van der Waals surface area contributed by atoms with E-state index < -0.39 is 30.2 Å². The summed E-state index contributed by atoms with van der Waals surface area (Å²) < 4.78 is 0. The van der Waals surface area contributed by atoms with Crippen LogP contribution in [0.1, 0.15) is 41.1 Å². The number of benzene rings is 3. The summed E-state index contributed by atoms with van der Waals surface area (Å²) in [6, 6.07) is 26.6. The van der Waals surface area contributed by atoms with Crippen LogP contribution in [-0.4, -0.2) is 34.4 Å². The van der Waals surface area contributed by atoms with E-state index in [9.17, 15) is 15.0 Å². The lowest BCUT2D eigenvalue weighted by atomic mass is 9.90. The molecular formula is C30H34N2O3. The molecule has 1 aliphatic rings. The highest BCUT2D eigenvalue weighted by Crippen LogP contribution is 2.32. The molecule has 1 amide bonds. The Morgan fingerprint density at radius 2 is 1.66 bits per heavy atom. The van der Waals surface area contributed by atoms with Gasteiger partial charge in [-0.15, -0.1) is 0 Å². The fourth-order valence-corrected chi connectivity index (χ4v) is 4.75. The van der Waals surface area contributed by atoms with Crippen molar-refractivity contribution >= 4 is 12.0 Å². The second-order valence-electron chi connectivity index (χ2n) is 9.36. The zero-order valence-electron chi connectivity index (χ0n) is 19.8. The molecule has 0 spiro atoms. The van der Waals surface area contributed by atoms with Gasteiger partial charge in [0, 0.05) is 18.4 Å². The van der Waals surface area contributed by atoms with Gasteiger partial charge >= 0.3 is 0 Å². The molecule has 3 aromatic rings. The number of rotatable bonds is 10. The van der Waals surface area contributed by atoms with Crippen molar-refractivity contribution in [3.8, 4) is 0 Å². The molecule has 0 aliphatic heterocycles. The third kappa shape index (κ3) is 6.67. The van der Waals surface area contributed by atoms with Crippen LogP contribution in [0.25, 0.3) is 6.08 Å². The van der Waals surface area contributed by atoms with Crippen LogP contribution in [0.2, 0.25) is 0 Å². The van der Waals surface area contributed by atoms with E-state index in [4.69, 9.17) is 5.73 Å². The van der Waals surface area contributed by atoms with E-state index in [1.54, 1.807) is 0 Å². The van der Waals surface area contributed by atoms with Crippen LogP contribution >= 0.6 is 0 Å². The molecule has 1 aliphatic carbocycles. The molecule has 5 atom stereocenters. The lowest BCUT2D eigenvalue weighted by molar-refractivity contribution is -0.127. The van der Waals surface area contributed by atoms with Crippen LogP contribution in [0.3, 0.4) is 0 Å². The first-order valence-electron chi connectivity index (χ1n) is 12.3. The van der Waals surface area contributed by atoms with E-state index >= 15 is 0 Å². The minimum absolute atomic E-state index is 0.186. The van der Waals surface area contributed by atoms with Gasteiger partial charge in [-0.1, -0.05) is 97.1 Å². The van der Waals surface area contributed by atoms with Gasteiger partial charge in [0.1, 0.15) is 0 Å². The number of amides is 1. The number of nitrogens with two attached hydrogens (primary N) is 1. The number of allylic oxidation sites excluding steroid dienone is 1. The Morgan fingerprint density at radius 3 is 2.40 bits per heavy atom. The lowest BCUT2D eigenvalue weighted by Crippen LogP contribution is -2.42. The van der Waals surface area contributed by atoms with Gasteiger partial charge in [0.05, 0.1) is 18.2 Å². The minimum Gasteiger partial charge on any atom is -0.391 e. The maximum atomic E-state index is 13.4. The van der Waals surface area contributed by atoms with Gasteiger partial charge in [-0.25, -0.2) is 0 Å². The quantitative estimate of drug-likeness (QED) is 0.362. The van der Waals surface area contributed by atoms with E-state index in [2.05, 4.69) is 5.32 Å². The Morgan fingerprint density at radius 1 is 1.00 bits per heavy atom. The topological polar surface area (TPSA) is 95.6 Å². The standard InChI is InChI=1S/C30H34N2O3/c31-26(18-22-12-5-2-6-13-22)27(33)20-24(16-9-14-21-10-3-1-4-11-21)30(35)32-29-25-17-8-7-15-23(25)19-28(29)34/h1-15,17,24,26-29,33-34H,16,18-20,31H2,(H,32,35)/b14-9+. The summed E-state index contributed by atoms with van der Waals surface area (Å²) in [5, 5.41) is 24.6. The number of fused-ring (bicyclic) bond motifs is 1. The van der Waals surface area contributed by atoms with Gasteiger partial charge in [-0.3, -0.25) is 4.79 Å². The first kappa shape index (κ1) is 24.9. The normalized spacial score (nSPS) is 19.7. The molecule has 182 valence electrons. The van der Waals surface area contributed by atoms with Gasteiger partial charge < -0.3 is 21.3 Å². The van der Waals surface area contributed by atoms with Crippen LogP contribution in [0.15, 0.2) is 91.0 Å². The van der Waals surface area contributed by atoms with Gasteiger partial charge in [0.2, 0.25) is 5.91 Å². The van der Waals surface area contributed by atoms with Crippen molar-refractivity contribution in [1.29, 1.82) is 0 Å². The summed E-state index contributed by atoms with van der Waals surface area (Å²) in [6.45, 7) is 0. The van der Waals surface area contributed by atoms with E-state index in [1.165, 1.54) is 0 Å². The van der Waals surface area contributed by atoms with Gasteiger partial charge in [0.15, 0.2) is 0 Å². The smallest absolute Gasteiger partial charge is 0.224 e. The zero-order chi connectivity index (χ0) is 24.6. The molecule has 5 unspecified atom stereocenters. The SMILES string of the molecule is NC(Cc1ccccc1)C(O)CC(C/C=C/c1ccccc1)C(=O)NC1c2ccccc2CC1O. The van der Waals surface area contributed by atoms with Crippen molar-refractivity contribution in [3.63, 3.8) is 0 Å². The molecule has 0 heterocycles. The fourth-order valence-electron chi connectivity index (χ4n) is 4.75.